The summed E-state index contributed by atoms with van der Waals surface area (Å²) in [6.45, 7) is 1.58. The molecule has 0 radical (unpaired) electrons. The highest BCUT2D eigenvalue weighted by Crippen LogP contribution is 2.28. The van der Waals surface area contributed by atoms with Gasteiger partial charge < -0.3 is 15.0 Å². The second-order valence-corrected chi connectivity index (χ2v) is 6.62. The summed E-state index contributed by atoms with van der Waals surface area (Å²) in [7, 11) is 1.53. The van der Waals surface area contributed by atoms with Crippen LogP contribution >= 0.6 is 11.6 Å². The lowest BCUT2D eigenvalue weighted by atomic mass is 10.1. The Morgan fingerprint density at radius 3 is 2.50 bits per heavy atom. The van der Waals surface area contributed by atoms with Crippen LogP contribution in [0, 0.1) is 0 Å². The van der Waals surface area contributed by atoms with Gasteiger partial charge in [0.25, 0.3) is 0 Å². The molecular weight excluding hydrogens is 328 g/mol. The van der Waals surface area contributed by atoms with Gasteiger partial charge in [0.15, 0.2) is 0 Å². The molecule has 1 aromatic rings. The van der Waals surface area contributed by atoms with E-state index in [-0.39, 0.29) is 24.4 Å². The van der Waals surface area contributed by atoms with Crippen molar-refractivity contribution in [3.63, 3.8) is 0 Å². The Labute approximate surface area is 148 Å². The smallest absolute Gasteiger partial charge is 0.244 e. The molecule has 1 fully saturated rings. The summed E-state index contributed by atoms with van der Waals surface area (Å²) in [6.07, 6.45) is 6.55. The van der Waals surface area contributed by atoms with Crippen molar-refractivity contribution in [3.05, 3.63) is 23.2 Å². The van der Waals surface area contributed by atoms with Crippen LogP contribution in [-0.4, -0.2) is 36.4 Å². The van der Waals surface area contributed by atoms with E-state index in [4.69, 9.17) is 16.3 Å². The third-order valence-electron chi connectivity index (χ3n) is 4.42. The SMILES string of the molecule is COc1ccc(Cl)cc1NC(=O)CN(C(C)=O)C1CCCCCC1. The van der Waals surface area contributed by atoms with Gasteiger partial charge in [-0.05, 0) is 31.0 Å². The molecule has 0 heterocycles. The number of nitrogens with zero attached hydrogens (tertiary/aromatic N) is 1. The van der Waals surface area contributed by atoms with Gasteiger partial charge in [-0.1, -0.05) is 37.3 Å². The van der Waals surface area contributed by atoms with Gasteiger partial charge >= 0.3 is 0 Å². The molecule has 1 aliphatic rings. The average molecular weight is 353 g/mol. The van der Waals surface area contributed by atoms with Crippen LogP contribution < -0.4 is 10.1 Å². The Balaban J connectivity index is 2.05. The van der Waals surface area contributed by atoms with Gasteiger partial charge in [-0.25, -0.2) is 0 Å². The highest BCUT2D eigenvalue weighted by atomic mass is 35.5. The molecule has 5 nitrogen and oxygen atoms in total. The van der Waals surface area contributed by atoms with Crippen molar-refractivity contribution in [1.82, 2.24) is 4.90 Å². The second kappa shape index (κ2) is 8.92. The lowest BCUT2D eigenvalue weighted by Crippen LogP contribution is -2.43. The third-order valence-corrected chi connectivity index (χ3v) is 4.65. The number of hydrogen-bond donors (Lipinski definition) is 1. The molecule has 0 atom stereocenters. The van der Waals surface area contributed by atoms with E-state index in [2.05, 4.69) is 5.32 Å². The lowest BCUT2D eigenvalue weighted by Gasteiger charge is -2.29. The molecule has 0 saturated heterocycles. The molecule has 1 aliphatic carbocycles. The van der Waals surface area contributed by atoms with Crippen LogP contribution in [0.25, 0.3) is 0 Å². The van der Waals surface area contributed by atoms with Gasteiger partial charge in [0.2, 0.25) is 11.8 Å². The van der Waals surface area contributed by atoms with E-state index in [0.717, 1.165) is 25.7 Å². The van der Waals surface area contributed by atoms with E-state index in [1.807, 2.05) is 0 Å². The highest BCUT2D eigenvalue weighted by Gasteiger charge is 2.24. The van der Waals surface area contributed by atoms with Crippen LogP contribution in [0.1, 0.15) is 45.4 Å². The van der Waals surface area contributed by atoms with Crippen LogP contribution in [0.4, 0.5) is 5.69 Å². The fourth-order valence-electron chi connectivity index (χ4n) is 3.19. The summed E-state index contributed by atoms with van der Waals surface area (Å²) >= 11 is 5.98. The van der Waals surface area contributed by atoms with E-state index in [0.29, 0.717) is 16.5 Å². The molecule has 2 rings (SSSR count). The van der Waals surface area contributed by atoms with Gasteiger partial charge in [-0.3, -0.25) is 9.59 Å². The third kappa shape index (κ3) is 5.13. The van der Waals surface area contributed by atoms with Crippen molar-refractivity contribution in [2.45, 2.75) is 51.5 Å². The van der Waals surface area contributed by atoms with Gasteiger partial charge in [0.05, 0.1) is 12.8 Å². The van der Waals surface area contributed by atoms with Crippen LogP contribution in [-0.2, 0) is 9.59 Å². The van der Waals surface area contributed by atoms with E-state index >= 15 is 0 Å². The number of halogens is 1. The molecule has 0 aromatic heterocycles. The fourth-order valence-corrected chi connectivity index (χ4v) is 3.36. The zero-order valence-corrected chi connectivity index (χ0v) is 15.1. The van der Waals surface area contributed by atoms with Crippen molar-refractivity contribution in [2.24, 2.45) is 0 Å². The number of amides is 2. The summed E-state index contributed by atoms with van der Waals surface area (Å²) in [6, 6.07) is 5.19. The van der Waals surface area contributed by atoms with E-state index in [1.165, 1.54) is 26.9 Å². The largest absolute Gasteiger partial charge is 0.495 e. The summed E-state index contributed by atoms with van der Waals surface area (Å²) in [4.78, 5) is 26.1. The molecule has 1 saturated carbocycles. The Morgan fingerprint density at radius 2 is 1.92 bits per heavy atom. The van der Waals surface area contributed by atoms with Crippen molar-refractivity contribution < 1.29 is 14.3 Å². The van der Waals surface area contributed by atoms with Crippen molar-refractivity contribution in [2.75, 3.05) is 19.0 Å². The number of nitrogens with one attached hydrogen (secondary N) is 1. The molecule has 132 valence electrons. The zero-order valence-electron chi connectivity index (χ0n) is 14.3. The molecule has 1 N–H and O–H groups in total. The number of hydrogen-bond acceptors (Lipinski definition) is 3. The van der Waals surface area contributed by atoms with E-state index in [1.54, 1.807) is 23.1 Å². The predicted octanol–water partition coefficient (Wildman–Crippen LogP) is 3.86. The number of ether oxygens (including phenoxy) is 1. The Hall–Kier alpha value is -1.75. The first-order chi connectivity index (χ1) is 11.5. The number of methoxy groups -OCH3 is 1. The molecule has 24 heavy (non-hydrogen) atoms. The highest BCUT2D eigenvalue weighted by molar-refractivity contribution is 6.31. The summed E-state index contributed by atoms with van der Waals surface area (Å²) in [5.41, 5.74) is 0.513. The summed E-state index contributed by atoms with van der Waals surface area (Å²) < 4.78 is 5.23. The van der Waals surface area contributed by atoms with Gasteiger partial charge in [-0.2, -0.15) is 0 Å². The Kier molecular flexibility index (Phi) is 6.91. The molecule has 2 amide bonds. The van der Waals surface area contributed by atoms with Gasteiger partial charge in [-0.15, -0.1) is 0 Å². The van der Waals surface area contributed by atoms with Gasteiger partial charge in [0.1, 0.15) is 12.3 Å². The summed E-state index contributed by atoms with van der Waals surface area (Å²) in [5, 5.41) is 3.31. The maximum atomic E-state index is 12.4. The monoisotopic (exact) mass is 352 g/mol. The maximum absolute atomic E-state index is 12.4. The number of carbonyl (C=O) groups excluding carboxylic acids is 2. The molecule has 0 bridgehead atoms. The maximum Gasteiger partial charge on any atom is 0.244 e. The lowest BCUT2D eigenvalue weighted by molar-refractivity contribution is -0.135. The normalized spacial score (nSPS) is 15.5. The second-order valence-electron chi connectivity index (χ2n) is 6.19. The number of anilines is 1. The zero-order chi connectivity index (χ0) is 17.5. The molecular formula is C18H25ClN2O3. The molecule has 1 aromatic carbocycles. The minimum absolute atomic E-state index is 0.0513. The van der Waals surface area contributed by atoms with E-state index in [9.17, 15) is 9.59 Å². The first-order valence-electron chi connectivity index (χ1n) is 8.42. The predicted molar refractivity (Wildman–Crippen MR) is 95.5 cm³/mol. The van der Waals surface area contributed by atoms with Crippen molar-refractivity contribution in [3.8, 4) is 5.75 Å². The van der Waals surface area contributed by atoms with Crippen LogP contribution in [0.15, 0.2) is 18.2 Å². The van der Waals surface area contributed by atoms with Crippen molar-refractivity contribution >= 4 is 29.1 Å². The standard InChI is InChI=1S/C18H25ClN2O3/c1-13(22)21(15-7-5-3-4-6-8-15)12-18(23)20-16-11-14(19)9-10-17(16)24-2/h9-11,15H,3-8,12H2,1-2H3,(H,20,23). The molecule has 0 aliphatic heterocycles. The number of benzene rings is 1. The minimum Gasteiger partial charge on any atom is -0.495 e. The summed E-state index contributed by atoms with van der Waals surface area (Å²) in [5.74, 6) is 0.238. The van der Waals surface area contributed by atoms with Crippen molar-refractivity contribution in [1.29, 1.82) is 0 Å². The first kappa shape index (κ1) is 18.6. The van der Waals surface area contributed by atoms with Crippen LogP contribution in [0.2, 0.25) is 5.02 Å². The minimum atomic E-state index is -0.241. The quantitative estimate of drug-likeness (QED) is 0.818. The molecule has 0 unspecified atom stereocenters. The number of rotatable bonds is 5. The fraction of sp³-hybridized carbons (Fsp3) is 0.556. The Bertz CT molecular complexity index is 584. The molecule has 0 spiro atoms. The van der Waals surface area contributed by atoms with Crippen LogP contribution in [0.3, 0.4) is 0 Å². The Morgan fingerprint density at radius 1 is 1.25 bits per heavy atom. The van der Waals surface area contributed by atoms with Gasteiger partial charge in [0, 0.05) is 18.0 Å². The topological polar surface area (TPSA) is 58.6 Å². The average Bonchev–Trinajstić information content (AvgIpc) is 2.81. The molecule has 6 heteroatoms. The van der Waals surface area contributed by atoms with Crippen LogP contribution in [0.5, 0.6) is 5.75 Å². The first-order valence-corrected chi connectivity index (χ1v) is 8.79. The van der Waals surface area contributed by atoms with E-state index < -0.39 is 0 Å². The number of carbonyl (C=O) groups is 2.